The SMILES string of the molecule is COC(=O)Cc1cnc(C(F)(F)F)cc1Cl. The van der Waals surface area contributed by atoms with Gasteiger partial charge in [0.15, 0.2) is 0 Å². The zero-order chi connectivity index (χ0) is 12.3. The van der Waals surface area contributed by atoms with Crippen molar-refractivity contribution < 1.29 is 22.7 Å². The first kappa shape index (κ1) is 12.8. The van der Waals surface area contributed by atoms with Gasteiger partial charge in [0.05, 0.1) is 13.5 Å². The maximum atomic E-state index is 12.2. The van der Waals surface area contributed by atoms with Crippen LogP contribution < -0.4 is 0 Å². The molecule has 0 fully saturated rings. The minimum absolute atomic E-state index is 0.160. The number of rotatable bonds is 2. The number of nitrogens with zero attached hydrogens (tertiary/aromatic N) is 1. The van der Waals surface area contributed by atoms with Crippen molar-refractivity contribution in [3.63, 3.8) is 0 Å². The van der Waals surface area contributed by atoms with E-state index in [1.54, 1.807) is 0 Å². The summed E-state index contributed by atoms with van der Waals surface area (Å²) in [6, 6.07) is 0.680. The highest BCUT2D eigenvalue weighted by Gasteiger charge is 2.33. The lowest BCUT2D eigenvalue weighted by molar-refractivity contribution is -0.141. The van der Waals surface area contributed by atoms with Crippen molar-refractivity contribution in [2.75, 3.05) is 7.11 Å². The molecule has 0 aliphatic rings. The number of halogens is 4. The van der Waals surface area contributed by atoms with Crippen molar-refractivity contribution in [1.82, 2.24) is 4.98 Å². The lowest BCUT2D eigenvalue weighted by Gasteiger charge is -2.08. The number of hydrogen-bond acceptors (Lipinski definition) is 3. The predicted octanol–water partition coefficient (Wildman–Crippen LogP) is 2.47. The lowest BCUT2D eigenvalue weighted by Crippen LogP contribution is -2.10. The Labute approximate surface area is 94.2 Å². The lowest BCUT2D eigenvalue weighted by atomic mass is 10.2. The first-order valence-corrected chi connectivity index (χ1v) is 4.51. The van der Waals surface area contributed by atoms with Crippen molar-refractivity contribution in [3.8, 4) is 0 Å². The van der Waals surface area contributed by atoms with E-state index in [1.165, 1.54) is 7.11 Å². The number of hydrogen-bond donors (Lipinski definition) is 0. The molecular formula is C9H7ClF3NO2. The van der Waals surface area contributed by atoms with Crippen LogP contribution in [-0.2, 0) is 22.1 Å². The van der Waals surface area contributed by atoms with E-state index >= 15 is 0 Å². The summed E-state index contributed by atoms with van der Waals surface area (Å²) in [5.41, 5.74) is -0.896. The summed E-state index contributed by atoms with van der Waals surface area (Å²) in [6.07, 6.45) is -3.84. The minimum atomic E-state index is -4.55. The second-order valence-corrected chi connectivity index (χ2v) is 3.32. The third-order valence-corrected chi connectivity index (χ3v) is 2.13. The second kappa shape index (κ2) is 4.69. The van der Waals surface area contributed by atoms with Crippen LogP contribution in [0.3, 0.4) is 0 Å². The number of alkyl halides is 3. The van der Waals surface area contributed by atoms with E-state index in [4.69, 9.17) is 11.6 Å². The summed E-state index contributed by atoms with van der Waals surface area (Å²) in [6.45, 7) is 0. The molecule has 0 unspecified atom stereocenters. The highest BCUT2D eigenvalue weighted by Crippen LogP contribution is 2.30. The molecule has 0 atom stereocenters. The highest BCUT2D eigenvalue weighted by molar-refractivity contribution is 6.31. The van der Waals surface area contributed by atoms with Crippen molar-refractivity contribution in [2.24, 2.45) is 0 Å². The Morgan fingerprint density at radius 3 is 2.62 bits per heavy atom. The Morgan fingerprint density at radius 1 is 1.56 bits per heavy atom. The molecule has 0 aliphatic heterocycles. The topological polar surface area (TPSA) is 39.2 Å². The Hall–Kier alpha value is -1.30. The van der Waals surface area contributed by atoms with Crippen molar-refractivity contribution in [2.45, 2.75) is 12.6 Å². The van der Waals surface area contributed by atoms with E-state index in [-0.39, 0.29) is 17.0 Å². The minimum Gasteiger partial charge on any atom is -0.469 e. The molecule has 1 aromatic rings. The Bertz CT molecular complexity index is 406. The first-order valence-electron chi connectivity index (χ1n) is 4.13. The summed E-state index contributed by atoms with van der Waals surface area (Å²) in [5.74, 6) is -0.594. The van der Waals surface area contributed by atoms with Gasteiger partial charge < -0.3 is 4.74 Å². The van der Waals surface area contributed by atoms with Crippen LogP contribution in [0.2, 0.25) is 5.02 Å². The fraction of sp³-hybridized carbons (Fsp3) is 0.333. The van der Waals surface area contributed by atoms with Gasteiger partial charge in [0, 0.05) is 16.8 Å². The van der Waals surface area contributed by atoms with Gasteiger partial charge in [-0.3, -0.25) is 9.78 Å². The molecule has 0 radical (unpaired) electrons. The van der Waals surface area contributed by atoms with E-state index in [1.807, 2.05) is 0 Å². The van der Waals surface area contributed by atoms with Gasteiger partial charge in [-0.05, 0) is 6.07 Å². The molecule has 0 aromatic carbocycles. The normalized spacial score (nSPS) is 11.3. The van der Waals surface area contributed by atoms with Crippen LogP contribution in [0.15, 0.2) is 12.3 Å². The number of esters is 1. The molecular weight excluding hydrogens is 247 g/mol. The van der Waals surface area contributed by atoms with Gasteiger partial charge in [0.1, 0.15) is 5.69 Å². The molecule has 7 heteroatoms. The Balaban J connectivity index is 2.96. The van der Waals surface area contributed by atoms with E-state index in [0.29, 0.717) is 6.07 Å². The molecule has 1 heterocycles. The molecule has 16 heavy (non-hydrogen) atoms. The summed E-state index contributed by atoms with van der Waals surface area (Å²) < 4.78 is 41.0. The molecule has 1 aromatic heterocycles. The molecule has 88 valence electrons. The maximum Gasteiger partial charge on any atom is 0.433 e. The third kappa shape index (κ3) is 3.10. The van der Waals surface area contributed by atoms with E-state index in [9.17, 15) is 18.0 Å². The van der Waals surface area contributed by atoms with Crippen LogP contribution in [0.25, 0.3) is 0 Å². The zero-order valence-corrected chi connectivity index (χ0v) is 8.89. The average molecular weight is 254 g/mol. The molecule has 0 saturated carbocycles. The van der Waals surface area contributed by atoms with Crippen molar-refractivity contribution in [1.29, 1.82) is 0 Å². The van der Waals surface area contributed by atoms with Gasteiger partial charge in [-0.15, -0.1) is 0 Å². The van der Waals surface area contributed by atoms with E-state index in [2.05, 4.69) is 9.72 Å². The van der Waals surface area contributed by atoms with E-state index < -0.39 is 17.8 Å². The summed E-state index contributed by atoms with van der Waals surface area (Å²) >= 11 is 5.59. The third-order valence-electron chi connectivity index (χ3n) is 1.78. The number of pyridine rings is 1. The summed E-state index contributed by atoms with van der Waals surface area (Å²) in [5, 5.41) is -0.160. The van der Waals surface area contributed by atoms with Crippen LogP contribution >= 0.6 is 11.6 Å². The van der Waals surface area contributed by atoms with Gasteiger partial charge in [-0.1, -0.05) is 11.6 Å². The number of ether oxygens (including phenoxy) is 1. The molecule has 0 N–H and O–H groups in total. The fourth-order valence-corrected chi connectivity index (χ4v) is 1.19. The van der Waals surface area contributed by atoms with Gasteiger partial charge in [-0.2, -0.15) is 13.2 Å². The summed E-state index contributed by atoms with van der Waals surface area (Å²) in [4.78, 5) is 14.1. The zero-order valence-electron chi connectivity index (χ0n) is 8.14. The molecule has 3 nitrogen and oxygen atoms in total. The first-order chi connectivity index (χ1) is 7.34. The summed E-state index contributed by atoms with van der Waals surface area (Å²) in [7, 11) is 1.17. The van der Waals surface area contributed by atoms with E-state index in [0.717, 1.165) is 6.20 Å². The van der Waals surface area contributed by atoms with Crippen LogP contribution in [-0.4, -0.2) is 18.1 Å². The number of carbonyl (C=O) groups excluding carboxylic acids is 1. The molecule has 0 saturated heterocycles. The Morgan fingerprint density at radius 2 is 2.19 bits per heavy atom. The molecule has 0 amide bonds. The van der Waals surface area contributed by atoms with Gasteiger partial charge in [-0.25, -0.2) is 0 Å². The van der Waals surface area contributed by atoms with Gasteiger partial charge in [0.25, 0.3) is 0 Å². The number of methoxy groups -OCH3 is 1. The maximum absolute atomic E-state index is 12.2. The largest absolute Gasteiger partial charge is 0.469 e. The van der Waals surface area contributed by atoms with Gasteiger partial charge >= 0.3 is 12.1 Å². The van der Waals surface area contributed by atoms with Crippen LogP contribution in [0, 0.1) is 0 Å². The highest BCUT2D eigenvalue weighted by atomic mass is 35.5. The molecule has 0 spiro atoms. The Kier molecular flexibility index (Phi) is 3.74. The van der Waals surface area contributed by atoms with Gasteiger partial charge in [0.2, 0.25) is 0 Å². The fourth-order valence-electron chi connectivity index (χ4n) is 0.972. The number of aromatic nitrogens is 1. The van der Waals surface area contributed by atoms with Crippen molar-refractivity contribution in [3.05, 3.63) is 28.5 Å². The molecule has 0 aliphatic carbocycles. The second-order valence-electron chi connectivity index (χ2n) is 2.91. The van der Waals surface area contributed by atoms with Crippen LogP contribution in [0.4, 0.5) is 13.2 Å². The van der Waals surface area contributed by atoms with Crippen LogP contribution in [0.5, 0.6) is 0 Å². The van der Waals surface area contributed by atoms with Crippen molar-refractivity contribution >= 4 is 17.6 Å². The average Bonchev–Trinajstić information content (AvgIpc) is 2.19. The smallest absolute Gasteiger partial charge is 0.433 e. The monoisotopic (exact) mass is 253 g/mol. The number of carbonyl (C=O) groups is 1. The standard InChI is InChI=1S/C9H7ClF3NO2/c1-16-8(15)2-5-4-14-7(3-6(5)10)9(11,12)13/h3-4H,2H2,1H3. The molecule has 0 bridgehead atoms. The predicted molar refractivity (Wildman–Crippen MR) is 50.0 cm³/mol. The quantitative estimate of drug-likeness (QED) is 0.760. The molecule has 1 rings (SSSR count). The van der Waals surface area contributed by atoms with Crippen LogP contribution in [0.1, 0.15) is 11.3 Å².